The second-order valence-corrected chi connectivity index (χ2v) is 7.11. The summed E-state index contributed by atoms with van der Waals surface area (Å²) in [5, 5.41) is 9.57. The van der Waals surface area contributed by atoms with E-state index in [4.69, 9.17) is 5.73 Å². The van der Waals surface area contributed by atoms with Crippen molar-refractivity contribution in [3.8, 4) is 0 Å². The molecule has 0 bridgehead atoms. The van der Waals surface area contributed by atoms with Crippen LogP contribution in [0.4, 0.5) is 5.69 Å². The molecule has 5 nitrogen and oxygen atoms in total. The first-order chi connectivity index (χ1) is 8.41. The minimum atomic E-state index is -3.57. The number of nitrogens with two attached hydrogens (primary N) is 1. The van der Waals surface area contributed by atoms with Crippen LogP contribution in [0.2, 0.25) is 0 Å². The largest absolute Gasteiger partial charge is 0.399 e. The van der Waals surface area contributed by atoms with Crippen LogP contribution in [0.3, 0.4) is 0 Å². The molecule has 1 aromatic rings. The van der Waals surface area contributed by atoms with E-state index < -0.39 is 16.1 Å². The first kappa shape index (κ1) is 13.8. The number of β-amino-alcohol motifs (C(OH)–C–C–N with tert-alkyl or cyclic N) is 1. The molecule has 2 rings (SSSR count). The van der Waals surface area contributed by atoms with Crippen LogP contribution < -0.4 is 5.73 Å². The number of piperidine rings is 1. The Morgan fingerprint density at radius 3 is 2.78 bits per heavy atom. The summed E-state index contributed by atoms with van der Waals surface area (Å²) >= 11 is 3.22. The van der Waals surface area contributed by atoms with Gasteiger partial charge in [-0.15, -0.1) is 0 Å². The zero-order valence-corrected chi connectivity index (χ0v) is 12.1. The summed E-state index contributed by atoms with van der Waals surface area (Å²) in [5.41, 5.74) is 6.09. The van der Waals surface area contributed by atoms with Crippen LogP contribution in [-0.4, -0.2) is 37.0 Å². The summed E-state index contributed by atoms with van der Waals surface area (Å²) in [6.07, 6.45) is 0.739. The van der Waals surface area contributed by atoms with Crippen molar-refractivity contribution in [2.75, 3.05) is 18.8 Å². The van der Waals surface area contributed by atoms with E-state index in [9.17, 15) is 13.5 Å². The van der Waals surface area contributed by atoms with Crippen LogP contribution in [0.15, 0.2) is 27.6 Å². The number of hydrogen-bond acceptors (Lipinski definition) is 4. The molecule has 1 atom stereocenters. The Morgan fingerprint density at radius 1 is 1.44 bits per heavy atom. The quantitative estimate of drug-likeness (QED) is 0.795. The molecule has 1 saturated heterocycles. The third-order valence-electron chi connectivity index (χ3n) is 2.93. The molecular weight excluding hydrogens is 320 g/mol. The summed E-state index contributed by atoms with van der Waals surface area (Å²) < 4.78 is 26.6. The summed E-state index contributed by atoms with van der Waals surface area (Å²) in [5.74, 6) is 0. The first-order valence-electron chi connectivity index (χ1n) is 5.64. The van der Waals surface area contributed by atoms with Crippen molar-refractivity contribution in [2.24, 2.45) is 0 Å². The lowest BCUT2D eigenvalue weighted by Gasteiger charge is -2.29. The van der Waals surface area contributed by atoms with E-state index in [0.29, 0.717) is 29.5 Å². The lowest BCUT2D eigenvalue weighted by Crippen LogP contribution is -2.42. The van der Waals surface area contributed by atoms with Gasteiger partial charge in [0.05, 0.1) is 11.0 Å². The van der Waals surface area contributed by atoms with Gasteiger partial charge in [-0.25, -0.2) is 8.42 Å². The van der Waals surface area contributed by atoms with Crippen molar-refractivity contribution in [2.45, 2.75) is 23.8 Å². The van der Waals surface area contributed by atoms with E-state index in [1.807, 2.05) is 0 Å². The molecular formula is C11H15BrN2O3S. The number of aliphatic hydroxyl groups is 1. The smallest absolute Gasteiger partial charge is 0.244 e. The molecule has 1 aliphatic heterocycles. The highest BCUT2D eigenvalue weighted by atomic mass is 79.9. The molecule has 0 unspecified atom stereocenters. The monoisotopic (exact) mass is 334 g/mol. The number of benzene rings is 1. The second-order valence-electron chi connectivity index (χ2n) is 4.35. The summed E-state index contributed by atoms with van der Waals surface area (Å²) in [6, 6.07) is 4.60. The first-order valence-corrected chi connectivity index (χ1v) is 7.88. The van der Waals surface area contributed by atoms with Gasteiger partial charge in [0.1, 0.15) is 0 Å². The number of nitrogen functional groups attached to an aromatic ring is 1. The minimum Gasteiger partial charge on any atom is -0.399 e. The normalized spacial score (nSPS) is 22.0. The Kier molecular flexibility index (Phi) is 3.96. The van der Waals surface area contributed by atoms with Crippen LogP contribution in [-0.2, 0) is 10.0 Å². The van der Waals surface area contributed by atoms with Gasteiger partial charge in [0.2, 0.25) is 10.0 Å². The highest BCUT2D eigenvalue weighted by Crippen LogP contribution is 2.28. The third-order valence-corrected chi connectivity index (χ3v) is 5.77. The van der Waals surface area contributed by atoms with E-state index in [1.165, 1.54) is 10.4 Å². The van der Waals surface area contributed by atoms with E-state index >= 15 is 0 Å². The number of rotatable bonds is 2. The Labute approximate surface area is 115 Å². The highest BCUT2D eigenvalue weighted by molar-refractivity contribution is 9.10. The number of hydrogen-bond donors (Lipinski definition) is 2. The molecule has 0 saturated carbocycles. The SMILES string of the molecule is Nc1ccc(S(=O)(=O)N2CCC[C@H](O)C2)c(Br)c1. The molecule has 18 heavy (non-hydrogen) atoms. The minimum absolute atomic E-state index is 0.152. The van der Waals surface area contributed by atoms with Crippen LogP contribution in [0.5, 0.6) is 0 Å². The summed E-state index contributed by atoms with van der Waals surface area (Å²) in [4.78, 5) is 0.186. The summed E-state index contributed by atoms with van der Waals surface area (Å²) in [7, 11) is -3.57. The van der Waals surface area contributed by atoms with Gasteiger partial charge in [0.15, 0.2) is 0 Å². The van der Waals surface area contributed by atoms with Crippen molar-refractivity contribution in [1.29, 1.82) is 0 Å². The highest BCUT2D eigenvalue weighted by Gasteiger charge is 2.30. The molecule has 0 amide bonds. The van der Waals surface area contributed by atoms with Crippen molar-refractivity contribution in [1.82, 2.24) is 4.31 Å². The average Bonchev–Trinajstić information content (AvgIpc) is 2.28. The summed E-state index contributed by atoms with van der Waals surface area (Å²) in [6.45, 7) is 0.593. The van der Waals surface area contributed by atoms with E-state index in [1.54, 1.807) is 12.1 Å². The van der Waals surface area contributed by atoms with Crippen molar-refractivity contribution in [3.63, 3.8) is 0 Å². The average molecular weight is 335 g/mol. The maximum atomic E-state index is 12.4. The zero-order valence-electron chi connectivity index (χ0n) is 9.71. The lowest BCUT2D eigenvalue weighted by molar-refractivity contribution is 0.108. The van der Waals surface area contributed by atoms with Crippen molar-refractivity contribution < 1.29 is 13.5 Å². The van der Waals surface area contributed by atoms with Gasteiger partial charge in [-0.3, -0.25) is 0 Å². The van der Waals surface area contributed by atoms with Crippen LogP contribution in [0, 0.1) is 0 Å². The Hall–Kier alpha value is -0.630. The number of aliphatic hydroxyl groups excluding tert-OH is 1. The topological polar surface area (TPSA) is 83.6 Å². The fourth-order valence-corrected chi connectivity index (χ4v) is 4.58. The zero-order chi connectivity index (χ0) is 13.3. The van der Waals surface area contributed by atoms with Gasteiger partial charge in [-0.1, -0.05) is 0 Å². The van der Waals surface area contributed by atoms with Gasteiger partial charge >= 0.3 is 0 Å². The molecule has 0 aliphatic carbocycles. The Morgan fingerprint density at radius 2 is 2.17 bits per heavy atom. The maximum absolute atomic E-state index is 12.4. The van der Waals surface area contributed by atoms with E-state index in [-0.39, 0.29) is 11.4 Å². The number of halogens is 1. The molecule has 0 spiro atoms. The molecule has 1 aromatic carbocycles. The van der Waals surface area contributed by atoms with Gasteiger partial charge in [-0.05, 0) is 47.0 Å². The molecule has 7 heteroatoms. The third kappa shape index (κ3) is 2.69. The van der Waals surface area contributed by atoms with Gasteiger partial charge < -0.3 is 10.8 Å². The standard InChI is InChI=1S/C11H15BrN2O3S/c12-10-6-8(13)3-4-11(10)18(16,17)14-5-1-2-9(15)7-14/h3-4,6,9,15H,1-2,5,7,13H2/t9-/m0/s1. The Bertz CT molecular complexity index is 547. The van der Waals surface area contributed by atoms with Crippen LogP contribution in [0.25, 0.3) is 0 Å². The number of nitrogens with zero attached hydrogens (tertiary/aromatic N) is 1. The van der Waals surface area contributed by atoms with Crippen molar-refractivity contribution >= 4 is 31.6 Å². The van der Waals surface area contributed by atoms with Crippen molar-refractivity contribution in [3.05, 3.63) is 22.7 Å². The molecule has 0 radical (unpaired) electrons. The fourth-order valence-electron chi connectivity index (χ4n) is 2.00. The van der Waals surface area contributed by atoms with Gasteiger partial charge in [0, 0.05) is 23.2 Å². The molecule has 1 fully saturated rings. The molecule has 1 aliphatic rings. The molecule has 100 valence electrons. The fraction of sp³-hybridized carbons (Fsp3) is 0.455. The predicted molar refractivity (Wildman–Crippen MR) is 72.6 cm³/mol. The lowest BCUT2D eigenvalue weighted by atomic mass is 10.1. The molecule has 1 heterocycles. The van der Waals surface area contributed by atoms with E-state index in [2.05, 4.69) is 15.9 Å². The second kappa shape index (κ2) is 5.16. The molecule has 3 N–H and O–H groups in total. The number of anilines is 1. The van der Waals surface area contributed by atoms with E-state index in [0.717, 1.165) is 0 Å². The molecule has 0 aromatic heterocycles. The predicted octanol–water partition coefficient (Wildman–Crippen LogP) is 1.18. The van der Waals surface area contributed by atoms with Gasteiger partial charge in [0.25, 0.3) is 0 Å². The Balaban J connectivity index is 2.35. The van der Waals surface area contributed by atoms with Crippen LogP contribution >= 0.6 is 15.9 Å². The van der Waals surface area contributed by atoms with Crippen LogP contribution in [0.1, 0.15) is 12.8 Å². The van der Waals surface area contributed by atoms with Gasteiger partial charge in [-0.2, -0.15) is 4.31 Å². The number of sulfonamides is 1. The maximum Gasteiger partial charge on any atom is 0.244 e.